The number of carbonyl (C=O) groups is 2. The van der Waals surface area contributed by atoms with Crippen molar-refractivity contribution >= 4 is 17.5 Å². The number of amides is 2. The van der Waals surface area contributed by atoms with Crippen molar-refractivity contribution in [2.24, 2.45) is 0 Å². The second-order valence-electron chi connectivity index (χ2n) is 7.83. The third kappa shape index (κ3) is 5.00. The fourth-order valence-electron chi connectivity index (χ4n) is 4.11. The van der Waals surface area contributed by atoms with Gasteiger partial charge in [0, 0.05) is 13.2 Å². The van der Waals surface area contributed by atoms with E-state index in [1.807, 2.05) is 12.1 Å². The number of ether oxygens (including phenoxy) is 2. The SMILES string of the molecule is O=C(COc1cccc2c1CCCC2)Nc1ccccc1C(=O)NC[C@H]1CCCO1. The Kier molecular flexibility index (Phi) is 6.64. The molecule has 1 aliphatic heterocycles. The number of benzene rings is 2. The Hall–Kier alpha value is -2.86. The molecule has 2 N–H and O–H groups in total. The van der Waals surface area contributed by atoms with Crippen molar-refractivity contribution in [2.45, 2.75) is 44.6 Å². The predicted molar refractivity (Wildman–Crippen MR) is 115 cm³/mol. The molecule has 6 heteroatoms. The lowest BCUT2D eigenvalue weighted by atomic mass is 9.91. The van der Waals surface area contributed by atoms with E-state index in [-0.39, 0.29) is 24.5 Å². The van der Waals surface area contributed by atoms with Crippen molar-refractivity contribution in [1.82, 2.24) is 5.32 Å². The van der Waals surface area contributed by atoms with Crippen LogP contribution in [0.3, 0.4) is 0 Å². The van der Waals surface area contributed by atoms with E-state index in [0.717, 1.165) is 44.5 Å². The van der Waals surface area contributed by atoms with Gasteiger partial charge in [-0.05, 0) is 67.9 Å². The lowest BCUT2D eigenvalue weighted by Crippen LogP contribution is -2.32. The van der Waals surface area contributed by atoms with Gasteiger partial charge in [-0.1, -0.05) is 24.3 Å². The average Bonchev–Trinajstić information content (AvgIpc) is 3.30. The van der Waals surface area contributed by atoms with Crippen molar-refractivity contribution in [2.75, 3.05) is 25.1 Å². The Bertz CT molecular complexity index is 906. The summed E-state index contributed by atoms with van der Waals surface area (Å²) < 4.78 is 11.4. The Morgan fingerprint density at radius 2 is 1.90 bits per heavy atom. The van der Waals surface area contributed by atoms with E-state index in [1.54, 1.807) is 24.3 Å². The van der Waals surface area contributed by atoms with E-state index < -0.39 is 0 Å². The molecule has 2 aliphatic rings. The first kappa shape index (κ1) is 20.4. The van der Waals surface area contributed by atoms with Crippen LogP contribution in [0.5, 0.6) is 5.75 Å². The maximum absolute atomic E-state index is 12.6. The number of hydrogen-bond acceptors (Lipinski definition) is 4. The Morgan fingerprint density at radius 3 is 2.77 bits per heavy atom. The highest BCUT2D eigenvalue weighted by Gasteiger charge is 2.19. The topological polar surface area (TPSA) is 76.7 Å². The fourth-order valence-corrected chi connectivity index (χ4v) is 4.11. The minimum atomic E-state index is -0.289. The van der Waals surface area contributed by atoms with Crippen molar-refractivity contribution < 1.29 is 19.1 Å². The molecule has 6 nitrogen and oxygen atoms in total. The fraction of sp³-hybridized carbons (Fsp3) is 0.417. The van der Waals surface area contributed by atoms with Gasteiger partial charge in [0.05, 0.1) is 17.4 Å². The van der Waals surface area contributed by atoms with E-state index in [0.29, 0.717) is 17.8 Å². The standard InChI is InChI=1S/C24H28N2O4/c27-23(16-30-22-13-5-8-17-7-1-2-10-19(17)22)26-21-12-4-3-11-20(21)24(28)25-15-18-9-6-14-29-18/h3-5,8,11-13,18H,1-2,6-7,9-10,14-16H2,(H,25,28)(H,26,27)/t18-/m1/s1. The summed E-state index contributed by atoms with van der Waals surface area (Å²) in [4.78, 5) is 25.1. The molecule has 1 fully saturated rings. The zero-order valence-corrected chi connectivity index (χ0v) is 17.1. The lowest BCUT2D eigenvalue weighted by Gasteiger charge is -2.19. The molecule has 0 bridgehead atoms. The quantitative estimate of drug-likeness (QED) is 0.735. The van der Waals surface area contributed by atoms with Crippen molar-refractivity contribution in [1.29, 1.82) is 0 Å². The summed E-state index contributed by atoms with van der Waals surface area (Å²) in [6, 6.07) is 13.0. The largest absolute Gasteiger partial charge is 0.483 e. The molecule has 1 heterocycles. The maximum atomic E-state index is 12.6. The molecule has 30 heavy (non-hydrogen) atoms. The number of nitrogens with one attached hydrogen (secondary N) is 2. The second kappa shape index (κ2) is 9.76. The zero-order chi connectivity index (χ0) is 20.8. The number of anilines is 1. The molecule has 1 aliphatic carbocycles. The van der Waals surface area contributed by atoms with Crippen LogP contribution in [0, 0.1) is 0 Å². The number of hydrogen-bond donors (Lipinski definition) is 2. The van der Waals surface area contributed by atoms with Crippen LogP contribution in [-0.2, 0) is 22.4 Å². The van der Waals surface area contributed by atoms with Crippen LogP contribution in [0.1, 0.15) is 47.2 Å². The first-order valence-electron chi connectivity index (χ1n) is 10.7. The molecule has 0 radical (unpaired) electrons. The average molecular weight is 408 g/mol. The van der Waals surface area contributed by atoms with E-state index in [1.165, 1.54) is 17.5 Å². The minimum absolute atomic E-state index is 0.0703. The summed E-state index contributed by atoms with van der Waals surface area (Å²) in [6.07, 6.45) is 6.45. The Morgan fingerprint density at radius 1 is 1.03 bits per heavy atom. The summed E-state index contributed by atoms with van der Waals surface area (Å²) in [7, 11) is 0. The molecule has 0 spiro atoms. The highest BCUT2D eigenvalue weighted by Crippen LogP contribution is 2.29. The molecule has 0 saturated carbocycles. The molecule has 2 amide bonds. The van der Waals surface area contributed by atoms with Crippen LogP contribution in [-0.4, -0.2) is 37.7 Å². The first-order chi connectivity index (χ1) is 14.7. The van der Waals surface area contributed by atoms with Crippen LogP contribution in [0.15, 0.2) is 42.5 Å². The van der Waals surface area contributed by atoms with Gasteiger partial charge in [-0.25, -0.2) is 0 Å². The number of fused-ring (bicyclic) bond motifs is 1. The van der Waals surface area contributed by atoms with Crippen LogP contribution in [0.4, 0.5) is 5.69 Å². The highest BCUT2D eigenvalue weighted by atomic mass is 16.5. The third-order valence-electron chi connectivity index (χ3n) is 5.67. The Balaban J connectivity index is 1.35. The summed E-state index contributed by atoms with van der Waals surface area (Å²) in [5.74, 6) is 0.271. The van der Waals surface area contributed by atoms with Crippen molar-refractivity contribution in [3.05, 3.63) is 59.2 Å². The van der Waals surface area contributed by atoms with Crippen LogP contribution in [0.25, 0.3) is 0 Å². The van der Waals surface area contributed by atoms with Gasteiger partial charge in [-0.3, -0.25) is 9.59 Å². The number of carbonyl (C=O) groups excluding carboxylic acids is 2. The molecule has 158 valence electrons. The lowest BCUT2D eigenvalue weighted by molar-refractivity contribution is -0.118. The van der Waals surface area contributed by atoms with Gasteiger partial charge in [0.25, 0.3) is 11.8 Å². The summed E-state index contributed by atoms with van der Waals surface area (Å²) >= 11 is 0. The summed E-state index contributed by atoms with van der Waals surface area (Å²) in [5.41, 5.74) is 3.44. The number of rotatable bonds is 7. The van der Waals surface area contributed by atoms with Gasteiger partial charge in [0.1, 0.15) is 5.75 Å². The maximum Gasteiger partial charge on any atom is 0.262 e. The third-order valence-corrected chi connectivity index (χ3v) is 5.67. The minimum Gasteiger partial charge on any atom is -0.483 e. The molecule has 2 aromatic rings. The number of para-hydroxylation sites is 1. The highest BCUT2D eigenvalue weighted by molar-refractivity contribution is 6.04. The Labute approximate surface area is 177 Å². The van der Waals surface area contributed by atoms with Gasteiger partial charge in [0.2, 0.25) is 0 Å². The van der Waals surface area contributed by atoms with Gasteiger partial charge < -0.3 is 20.1 Å². The van der Waals surface area contributed by atoms with Crippen LogP contribution < -0.4 is 15.4 Å². The van der Waals surface area contributed by atoms with Crippen LogP contribution >= 0.6 is 0 Å². The summed E-state index contributed by atoms with van der Waals surface area (Å²) in [6.45, 7) is 1.13. The first-order valence-corrected chi connectivity index (χ1v) is 10.7. The molecular formula is C24H28N2O4. The van der Waals surface area contributed by atoms with Gasteiger partial charge in [0.15, 0.2) is 6.61 Å². The normalized spacial score (nSPS) is 17.8. The van der Waals surface area contributed by atoms with Crippen molar-refractivity contribution in [3.8, 4) is 5.75 Å². The molecular weight excluding hydrogens is 380 g/mol. The van der Waals surface area contributed by atoms with Gasteiger partial charge in [-0.15, -0.1) is 0 Å². The monoisotopic (exact) mass is 408 g/mol. The van der Waals surface area contributed by atoms with E-state index in [4.69, 9.17) is 9.47 Å². The zero-order valence-electron chi connectivity index (χ0n) is 17.1. The number of aryl methyl sites for hydroxylation is 1. The molecule has 0 unspecified atom stereocenters. The van der Waals surface area contributed by atoms with Gasteiger partial charge >= 0.3 is 0 Å². The van der Waals surface area contributed by atoms with Gasteiger partial charge in [-0.2, -0.15) is 0 Å². The molecule has 4 rings (SSSR count). The summed E-state index contributed by atoms with van der Waals surface area (Å²) in [5, 5.41) is 5.71. The van der Waals surface area contributed by atoms with Crippen LogP contribution in [0.2, 0.25) is 0 Å². The molecule has 1 saturated heterocycles. The molecule has 0 aromatic heterocycles. The molecule has 2 aromatic carbocycles. The molecule has 1 atom stereocenters. The predicted octanol–water partition coefficient (Wildman–Crippen LogP) is 3.49. The van der Waals surface area contributed by atoms with E-state index in [2.05, 4.69) is 16.7 Å². The second-order valence-corrected chi connectivity index (χ2v) is 7.83. The van der Waals surface area contributed by atoms with Crippen molar-refractivity contribution in [3.63, 3.8) is 0 Å². The smallest absolute Gasteiger partial charge is 0.262 e. The van der Waals surface area contributed by atoms with E-state index >= 15 is 0 Å². The van der Waals surface area contributed by atoms with E-state index in [9.17, 15) is 9.59 Å².